The summed E-state index contributed by atoms with van der Waals surface area (Å²) in [6.45, 7) is 5.24. The van der Waals surface area contributed by atoms with Crippen LogP contribution in [0.4, 0.5) is 0 Å². The lowest BCUT2D eigenvalue weighted by atomic mass is 10.0. The number of rotatable bonds is 3. The van der Waals surface area contributed by atoms with E-state index in [1.54, 1.807) is 0 Å². The van der Waals surface area contributed by atoms with Gasteiger partial charge in [-0.1, -0.05) is 30.3 Å². The van der Waals surface area contributed by atoms with Crippen LogP contribution in [0, 0.1) is 10.7 Å². The Bertz CT molecular complexity index is 459. The van der Waals surface area contributed by atoms with Crippen molar-refractivity contribution >= 4 is 11.8 Å². The summed E-state index contributed by atoms with van der Waals surface area (Å²) in [5.74, 6) is 0. The molecule has 1 aromatic rings. The molecular formula is C15H18N2S. The molecule has 2 nitrogen and oxygen atoms in total. The van der Waals surface area contributed by atoms with Crippen molar-refractivity contribution in [3.05, 3.63) is 46.4 Å². The Hall–Kier alpha value is -1.24. The van der Waals surface area contributed by atoms with Crippen LogP contribution in [0.1, 0.15) is 25.3 Å². The molecule has 2 rings (SSSR count). The molecule has 1 saturated heterocycles. The smallest absolute Gasteiger partial charge is 0.138 e. The zero-order chi connectivity index (χ0) is 12.8. The van der Waals surface area contributed by atoms with Crippen molar-refractivity contribution < 1.29 is 0 Å². The van der Waals surface area contributed by atoms with Crippen molar-refractivity contribution in [3.63, 3.8) is 0 Å². The summed E-state index contributed by atoms with van der Waals surface area (Å²) in [5, 5.41) is 10.9. The van der Waals surface area contributed by atoms with E-state index in [0.717, 1.165) is 26.1 Å². The minimum atomic E-state index is 1.01. The number of nitriles is 1. The molecule has 0 saturated carbocycles. The first-order chi connectivity index (χ1) is 8.79. The maximum Gasteiger partial charge on any atom is 0.138 e. The Morgan fingerprint density at radius 2 is 2.17 bits per heavy atom. The van der Waals surface area contributed by atoms with Crippen LogP contribution < -0.4 is 0 Å². The molecule has 0 N–H and O–H groups in total. The molecule has 18 heavy (non-hydrogen) atoms. The number of hydrogen-bond acceptors (Lipinski definition) is 3. The van der Waals surface area contributed by atoms with Crippen LogP contribution >= 0.6 is 11.8 Å². The van der Waals surface area contributed by atoms with E-state index >= 15 is 0 Å². The van der Waals surface area contributed by atoms with E-state index in [0.29, 0.717) is 0 Å². The molecule has 0 unspecified atom stereocenters. The van der Waals surface area contributed by atoms with E-state index in [9.17, 15) is 0 Å². The minimum absolute atomic E-state index is 1.01. The van der Waals surface area contributed by atoms with Gasteiger partial charge in [-0.15, -0.1) is 0 Å². The molecule has 0 spiro atoms. The van der Waals surface area contributed by atoms with Crippen LogP contribution in [0.25, 0.3) is 0 Å². The van der Waals surface area contributed by atoms with Crippen LogP contribution in [0.5, 0.6) is 0 Å². The fourth-order valence-corrected chi connectivity index (χ4v) is 2.80. The average molecular weight is 258 g/mol. The van der Waals surface area contributed by atoms with Crippen molar-refractivity contribution in [2.45, 2.75) is 26.3 Å². The van der Waals surface area contributed by atoms with E-state index in [1.807, 2.05) is 0 Å². The van der Waals surface area contributed by atoms with Crippen molar-refractivity contribution in [3.8, 4) is 5.40 Å². The van der Waals surface area contributed by atoms with Gasteiger partial charge in [-0.2, -0.15) is 5.26 Å². The van der Waals surface area contributed by atoms with Crippen LogP contribution in [0.15, 0.2) is 40.8 Å². The maximum atomic E-state index is 8.73. The Morgan fingerprint density at radius 3 is 2.89 bits per heavy atom. The molecule has 0 amide bonds. The molecule has 1 aliphatic heterocycles. The maximum absolute atomic E-state index is 8.73. The Morgan fingerprint density at radius 1 is 1.39 bits per heavy atom. The van der Waals surface area contributed by atoms with Gasteiger partial charge in [0.05, 0.1) is 0 Å². The Kier molecular flexibility index (Phi) is 4.86. The predicted molar refractivity (Wildman–Crippen MR) is 76.9 cm³/mol. The molecule has 0 atom stereocenters. The topological polar surface area (TPSA) is 27.0 Å². The van der Waals surface area contributed by atoms with Crippen LogP contribution in [0.2, 0.25) is 0 Å². The molecule has 3 heteroatoms. The second-order valence-corrected chi connectivity index (χ2v) is 5.65. The minimum Gasteiger partial charge on any atom is -0.295 e. The third-order valence-electron chi connectivity index (χ3n) is 3.31. The van der Waals surface area contributed by atoms with Gasteiger partial charge in [0.2, 0.25) is 0 Å². The van der Waals surface area contributed by atoms with Gasteiger partial charge in [0, 0.05) is 13.1 Å². The van der Waals surface area contributed by atoms with E-state index < -0.39 is 0 Å². The lowest BCUT2D eigenvalue weighted by Gasteiger charge is -2.29. The second-order valence-electron chi connectivity index (χ2n) is 4.65. The van der Waals surface area contributed by atoms with Crippen LogP contribution in [-0.2, 0) is 6.54 Å². The normalized spacial score (nSPS) is 19.3. The average Bonchev–Trinajstić information content (AvgIpc) is 2.40. The molecule has 1 fully saturated rings. The molecule has 1 heterocycles. The first-order valence-electron chi connectivity index (χ1n) is 6.30. The molecule has 94 valence electrons. The monoisotopic (exact) mass is 258 g/mol. The van der Waals surface area contributed by atoms with Crippen molar-refractivity contribution in [1.82, 2.24) is 4.90 Å². The van der Waals surface area contributed by atoms with E-state index in [-0.39, 0.29) is 0 Å². The Labute approximate surface area is 113 Å². The van der Waals surface area contributed by atoms with Gasteiger partial charge in [-0.3, -0.25) is 4.90 Å². The quantitative estimate of drug-likeness (QED) is 0.772. The molecule has 1 aliphatic rings. The van der Waals surface area contributed by atoms with Crippen LogP contribution in [-0.4, -0.2) is 18.0 Å². The Balaban J connectivity index is 1.99. The summed E-state index contributed by atoms with van der Waals surface area (Å²) in [5.41, 5.74) is 2.80. The van der Waals surface area contributed by atoms with Gasteiger partial charge in [-0.25, -0.2) is 0 Å². The third kappa shape index (κ3) is 3.63. The highest BCUT2D eigenvalue weighted by Crippen LogP contribution is 2.26. The largest absolute Gasteiger partial charge is 0.295 e. The number of likely N-dealkylation sites (tertiary alicyclic amines) is 1. The van der Waals surface area contributed by atoms with Crippen molar-refractivity contribution in [2.24, 2.45) is 0 Å². The number of nitrogens with zero attached hydrogens (tertiary/aromatic N) is 2. The zero-order valence-corrected chi connectivity index (χ0v) is 11.5. The fourth-order valence-electron chi connectivity index (χ4n) is 2.35. The third-order valence-corrected chi connectivity index (χ3v) is 4.00. The number of piperidine rings is 1. The standard InChI is InChI=1S/C15H18N2S/c1-13(18-12-16)15-8-5-9-17(11-15)10-14-6-3-2-4-7-14/h2-4,6-7H,5,8-11H2,1H3/b15-13+. The van der Waals surface area contributed by atoms with Crippen molar-refractivity contribution in [2.75, 3.05) is 13.1 Å². The molecule has 0 radical (unpaired) electrons. The first kappa shape index (κ1) is 13.2. The summed E-state index contributed by atoms with van der Waals surface area (Å²) in [4.78, 5) is 3.66. The van der Waals surface area contributed by atoms with Gasteiger partial charge in [0.15, 0.2) is 0 Å². The molecule has 0 aliphatic carbocycles. The molecule has 1 aromatic carbocycles. The summed E-state index contributed by atoms with van der Waals surface area (Å²) in [7, 11) is 0. The lowest BCUT2D eigenvalue weighted by molar-refractivity contribution is 0.257. The predicted octanol–water partition coefficient (Wildman–Crippen LogP) is 3.77. The molecular weight excluding hydrogens is 240 g/mol. The summed E-state index contributed by atoms with van der Waals surface area (Å²) >= 11 is 1.30. The van der Waals surface area contributed by atoms with E-state index in [1.165, 1.54) is 34.2 Å². The number of benzene rings is 1. The highest BCUT2D eigenvalue weighted by molar-refractivity contribution is 8.07. The van der Waals surface area contributed by atoms with Crippen LogP contribution in [0.3, 0.4) is 0 Å². The van der Waals surface area contributed by atoms with E-state index in [4.69, 9.17) is 5.26 Å². The summed E-state index contributed by atoms with van der Waals surface area (Å²) in [6.07, 6.45) is 2.34. The number of allylic oxidation sites excluding steroid dienone is 1. The number of thiocyanates is 1. The van der Waals surface area contributed by atoms with E-state index in [2.05, 4.69) is 47.6 Å². The first-order valence-corrected chi connectivity index (χ1v) is 7.12. The SMILES string of the molecule is C/C(SC#N)=C1/CCCN(Cc2ccccc2)C1. The highest BCUT2D eigenvalue weighted by Gasteiger charge is 2.16. The highest BCUT2D eigenvalue weighted by atomic mass is 32.2. The summed E-state index contributed by atoms with van der Waals surface area (Å²) in [6, 6.07) is 10.6. The molecule has 0 bridgehead atoms. The van der Waals surface area contributed by atoms with Gasteiger partial charge in [0.1, 0.15) is 5.40 Å². The van der Waals surface area contributed by atoms with Gasteiger partial charge < -0.3 is 0 Å². The lowest BCUT2D eigenvalue weighted by Crippen LogP contribution is -2.31. The summed E-state index contributed by atoms with van der Waals surface area (Å²) < 4.78 is 0. The zero-order valence-electron chi connectivity index (χ0n) is 10.7. The second kappa shape index (κ2) is 6.63. The van der Waals surface area contributed by atoms with Gasteiger partial charge in [0.25, 0.3) is 0 Å². The number of thioether (sulfide) groups is 1. The molecule has 0 aromatic heterocycles. The van der Waals surface area contributed by atoms with Gasteiger partial charge >= 0.3 is 0 Å². The number of hydrogen-bond donors (Lipinski definition) is 0. The van der Waals surface area contributed by atoms with Gasteiger partial charge in [-0.05, 0) is 54.1 Å². The fraction of sp³-hybridized carbons (Fsp3) is 0.400. The van der Waals surface area contributed by atoms with Crippen molar-refractivity contribution in [1.29, 1.82) is 5.26 Å².